The highest BCUT2D eigenvalue weighted by Crippen LogP contribution is 2.32. The molecular formula is C32H33F2N5O7. The second-order valence-electron chi connectivity index (χ2n) is 10.5. The SMILES string of the molecule is COCCOCOc1ccc(N(C(=O)n2nnn(-c3c(F)cccc3F)c2=O)C2CCCCC2)cc1C(=O)OCc1ccccc1. The van der Waals surface area contributed by atoms with Gasteiger partial charge in [0, 0.05) is 18.8 Å². The molecule has 242 valence electrons. The second kappa shape index (κ2) is 15.4. The van der Waals surface area contributed by atoms with Crippen LogP contribution in [0.25, 0.3) is 5.69 Å². The van der Waals surface area contributed by atoms with E-state index in [0.717, 1.165) is 43.0 Å². The number of halogens is 2. The molecule has 1 heterocycles. The molecule has 0 spiro atoms. The minimum Gasteiger partial charge on any atom is -0.467 e. The molecule has 5 rings (SSSR count). The predicted molar refractivity (Wildman–Crippen MR) is 161 cm³/mol. The third-order valence-electron chi connectivity index (χ3n) is 7.46. The summed E-state index contributed by atoms with van der Waals surface area (Å²) in [5.41, 5.74) is -0.874. The average molecular weight is 638 g/mol. The minimum atomic E-state index is -1.16. The highest BCUT2D eigenvalue weighted by Gasteiger charge is 2.32. The maximum absolute atomic E-state index is 14.5. The Balaban J connectivity index is 1.50. The van der Waals surface area contributed by atoms with Crippen molar-refractivity contribution in [3.05, 3.63) is 100.0 Å². The summed E-state index contributed by atoms with van der Waals surface area (Å²) in [4.78, 5) is 42.1. The third-order valence-corrected chi connectivity index (χ3v) is 7.46. The third kappa shape index (κ3) is 7.46. The van der Waals surface area contributed by atoms with Crippen molar-refractivity contribution in [2.45, 2.75) is 44.8 Å². The van der Waals surface area contributed by atoms with Crippen LogP contribution in [0.4, 0.5) is 19.3 Å². The highest BCUT2D eigenvalue weighted by molar-refractivity contribution is 5.98. The van der Waals surface area contributed by atoms with Gasteiger partial charge in [-0.15, -0.1) is 4.68 Å². The van der Waals surface area contributed by atoms with Crippen LogP contribution in [0.3, 0.4) is 0 Å². The number of para-hydroxylation sites is 1. The maximum Gasteiger partial charge on any atom is 0.377 e. The standard InChI is InChI=1S/C32H33F2N5O7/c1-43-17-18-44-21-46-28-16-15-24(19-25(28)30(40)45-20-22-9-4-2-5-10-22)37(23-11-6-3-7-12-23)31(41)39-32(42)38(35-36-39)29-26(33)13-8-14-27(29)34/h2,4-5,8-10,13-16,19,23H,3,6-7,11-12,17-18,20-21H2,1H3. The molecule has 1 amide bonds. The van der Waals surface area contributed by atoms with Gasteiger partial charge in [-0.1, -0.05) is 55.7 Å². The van der Waals surface area contributed by atoms with E-state index in [1.807, 2.05) is 30.3 Å². The maximum atomic E-state index is 14.5. The van der Waals surface area contributed by atoms with Gasteiger partial charge in [0.1, 0.15) is 23.6 Å². The zero-order valence-corrected chi connectivity index (χ0v) is 25.1. The first kappa shape index (κ1) is 32.4. The van der Waals surface area contributed by atoms with E-state index in [9.17, 15) is 23.2 Å². The Kier molecular flexibility index (Phi) is 10.8. The van der Waals surface area contributed by atoms with Crippen molar-refractivity contribution >= 4 is 17.7 Å². The molecule has 1 aromatic heterocycles. The van der Waals surface area contributed by atoms with Crippen LogP contribution in [-0.2, 0) is 20.8 Å². The molecule has 0 N–H and O–H groups in total. The van der Waals surface area contributed by atoms with Crippen LogP contribution in [0.1, 0.15) is 48.0 Å². The van der Waals surface area contributed by atoms with Gasteiger partial charge in [-0.3, -0.25) is 4.90 Å². The molecule has 0 atom stereocenters. The Labute approximate surface area is 263 Å². The van der Waals surface area contributed by atoms with Crippen LogP contribution in [0, 0.1) is 11.6 Å². The largest absolute Gasteiger partial charge is 0.467 e. The summed E-state index contributed by atoms with van der Waals surface area (Å²) in [5, 5.41) is 7.26. The first-order valence-corrected chi connectivity index (χ1v) is 14.8. The van der Waals surface area contributed by atoms with E-state index in [2.05, 4.69) is 10.4 Å². The topological polar surface area (TPSA) is 127 Å². The van der Waals surface area contributed by atoms with Crippen molar-refractivity contribution < 1.29 is 37.3 Å². The van der Waals surface area contributed by atoms with Gasteiger partial charge in [-0.25, -0.2) is 23.2 Å². The van der Waals surface area contributed by atoms with Crippen LogP contribution in [0.15, 0.2) is 71.5 Å². The number of aromatic nitrogens is 4. The van der Waals surface area contributed by atoms with Crippen molar-refractivity contribution in [1.29, 1.82) is 0 Å². The lowest BCUT2D eigenvalue weighted by molar-refractivity contribution is -0.00922. The Morgan fingerprint density at radius 3 is 2.39 bits per heavy atom. The molecule has 0 saturated heterocycles. The summed E-state index contributed by atoms with van der Waals surface area (Å²) in [6.07, 6.45) is 3.82. The number of esters is 1. The average Bonchev–Trinajstić information content (AvgIpc) is 3.45. The summed E-state index contributed by atoms with van der Waals surface area (Å²) < 4.78 is 51.5. The summed E-state index contributed by atoms with van der Waals surface area (Å²) in [6, 6.07) is 15.4. The van der Waals surface area contributed by atoms with E-state index in [-0.39, 0.29) is 43.0 Å². The van der Waals surface area contributed by atoms with Crippen LogP contribution >= 0.6 is 0 Å². The van der Waals surface area contributed by atoms with Gasteiger partial charge >= 0.3 is 17.7 Å². The predicted octanol–water partition coefficient (Wildman–Crippen LogP) is 4.87. The zero-order valence-electron chi connectivity index (χ0n) is 25.1. The van der Waals surface area contributed by atoms with E-state index in [0.29, 0.717) is 28.8 Å². The number of hydrogen-bond acceptors (Lipinski definition) is 9. The smallest absolute Gasteiger partial charge is 0.377 e. The van der Waals surface area contributed by atoms with Crippen molar-refractivity contribution in [3.8, 4) is 11.4 Å². The molecule has 0 aliphatic heterocycles. The number of methoxy groups -OCH3 is 1. The Hall–Kier alpha value is -4.95. The monoisotopic (exact) mass is 637 g/mol. The number of carbonyl (C=O) groups excluding carboxylic acids is 2. The fourth-order valence-electron chi connectivity index (χ4n) is 5.18. The lowest BCUT2D eigenvalue weighted by Crippen LogP contribution is -2.47. The van der Waals surface area contributed by atoms with Gasteiger partial charge in [-0.2, -0.15) is 4.68 Å². The number of rotatable bonds is 12. The molecule has 0 unspecified atom stereocenters. The number of benzene rings is 3. The molecule has 0 bridgehead atoms. The quantitative estimate of drug-likeness (QED) is 0.0925. The molecule has 4 aromatic rings. The number of hydrogen-bond donors (Lipinski definition) is 0. The van der Waals surface area contributed by atoms with Crippen LogP contribution < -0.4 is 15.3 Å². The summed E-state index contributed by atoms with van der Waals surface area (Å²) in [5.74, 6) is -2.67. The molecule has 3 aromatic carbocycles. The highest BCUT2D eigenvalue weighted by atomic mass is 19.1. The number of ether oxygens (including phenoxy) is 4. The summed E-state index contributed by atoms with van der Waals surface area (Å²) in [7, 11) is 1.54. The molecule has 46 heavy (non-hydrogen) atoms. The second-order valence-corrected chi connectivity index (χ2v) is 10.5. The molecule has 1 aliphatic rings. The van der Waals surface area contributed by atoms with Gasteiger partial charge < -0.3 is 18.9 Å². The normalized spacial score (nSPS) is 13.4. The minimum absolute atomic E-state index is 0.00987. The van der Waals surface area contributed by atoms with E-state index >= 15 is 0 Å². The molecule has 0 radical (unpaired) electrons. The summed E-state index contributed by atoms with van der Waals surface area (Å²) >= 11 is 0. The van der Waals surface area contributed by atoms with E-state index in [4.69, 9.17) is 18.9 Å². The molecule has 12 nitrogen and oxygen atoms in total. The lowest BCUT2D eigenvalue weighted by Gasteiger charge is -2.34. The van der Waals surface area contributed by atoms with Crippen molar-refractivity contribution in [1.82, 2.24) is 19.8 Å². The van der Waals surface area contributed by atoms with Gasteiger partial charge in [0.15, 0.2) is 18.4 Å². The number of anilines is 1. The Morgan fingerprint density at radius 2 is 1.67 bits per heavy atom. The fraction of sp³-hybridized carbons (Fsp3) is 0.344. The zero-order chi connectivity index (χ0) is 32.5. The molecule has 1 aliphatic carbocycles. The van der Waals surface area contributed by atoms with Crippen molar-refractivity contribution in [3.63, 3.8) is 0 Å². The van der Waals surface area contributed by atoms with Gasteiger partial charge in [0.05, 0.1) is 13.2 Å². The van der Waals surface area contributed by atoms with E-state index in [1.54, 1.807) is 6.07 Å². The van der Waals surface area contributed by atoms with Gasteiger partial charge in [0.25, 0.3) is 0 Å². The first-order chi connectivity index (χ1) is 22.4. The number of amides is 1. The van der Waals surface area contributed by atoms with Crippen molar-refractivity contribution in [2.75, 3.05) is 32.0 Å². The van der Waals surface area contributed by atoms with Crippen LogP contribution in [0.2, 0.25) is 0 Å². The van der Waals surface area contributed by atoms with Gasteiger partial charge in [-0.05, 0) is 59.2 Å². The van der Waals surface area contributed by atoms with E-state index in [1.165, 1.54) is 24.1 Å². The van der Waals surface area contributed by atoms with Gasteiger partial charge in [0.2, 0.25) is 0 Å². The van der Waals surface area contributed by atoms with E-state index < -0.39 is 35.0 Å². The van der Waals surface area contributed by atoms with Crippen molar-refractivity contribution in [2.24, 2.45) is 0 Å². The molecular weight excluding hydrogens is 604 g/mol. The Bertz CT molecular complexity index is 1690. The van der Waals surface area contributed by atoms with Crippen LogP contribution in [-0.4, -0.2) is 64.9 Å². The molecule has 14 heteroatoms. The number of tetrazole rings is 1. The molecule has 1 fully saturated rings. The van der Waals surface area contributed by atoms with Crippen LogP contribution in [0.5, 0.6) is 5.75 Å². The lowest BCUT2D eigenvalue weighted by atomic mass is 9.94. The molecule has 1 saturated carbocycles. The Morgan fingerprint density at radius 1 is 0.935 bits per heavy atom. The summed E-state index contributed by atoms with van der Waals surface area (Å²) in [6.45, 7) is 0.418. The fourth-order valence-corrected chi connectivity index (χ4v) is 5.18. The number of nitrogens with zero attached hydrogens (tertiary/aromatic N) is 5. The first-order valence-electron chi connectivity index (χ1n) is 14.8. The number of carbonyl (C=O) groups is 2.